The van der Waals surface area contributed by atoms with Gasteiger partial charge >= 0.3 is 0 Å². The zero-order valence-corrected chi connectivity index (χ0v) is 20.4. The highest BCUT2D eigenvalue weighted by Crippen LogP contribution is 2.49. The van der Waals surface area contributed by atoms with Gasteiger partial charge < -0.3 is 19.5 Å². The summed E-state index contributed by atoms with van der Waals surface area (Å²) in [6.07, 6.45) is 1.33. The van der Waals surface area contributed by atoms with Crippen LogP contribution >= 0.6 is 23.2 Å². The SMILES string of the molecule is BC(B)(B)Oc1nc2c(c(Cl)c1-c1c(O)cccc1Cl)OC[C@H]1CN(C(=O)C=C)CCN1C2. The largest absolute Gasteiger partial charge is 0.507 e. The Labute approximate surface area is 205 Å². The van der Waals surface area contributed by atoms with Crippen LogP contribution in [0.2, 0.25) is 10.0 Å². The molecule has 7 nitrogen and oxygen atoms in total. The third kappa shape index (κ3) is 4.83. The highest BCUT2D eigenvalue weighted by Gasteiger charge is 2.35. The second-order valence-corrected chi connectivity index (χ2v) is 9.94. The molecule has 3 heterocycles. The lowest BCUT2D eigenvalue weighted by molar-refractivity contribution is -0.129. The maximum atomic E-state index is 12.1. The third-order valence-corrected chi connectivity index (χ3v) is 6.32. The summed E-state index contributed by atoms with van der Waals surface area (Å²) in [4.78, 5) is 20.9. The number of carbonyl (C=O) groups excluding carboxylic acids is 1. The number of piperazine rings is 1. The van der Waals surface area contributed by atoms with E-state index in [1.807, 2.05) is 23.5 Å². The molecule has 1 saturated heterocycles. The first-order chi connectivity index (χ1) is 15.6. The number of phenols is 1. The number of halogens is 2. The molecule has 0 unspecified atom stereocenters. The molecule has 0 radical (unpaired) electrons. The van der Waals surface area contributed by atoms with Gasteiger partial charge in [-0.1, -0.05) is 35.8 Å². The predicted octanol–water partition coefficient (Wildman–Crippen LogP) is 0.242. The molecule has 1 amide bonds. The fraction of sp³-hybridized carbons (Fsp3) is 0.333. The minimum Gasteiger partial charge on any atom is -0.507 e. The van der Waals surface area contributed by atoms with Crippen molar-refractivity contribution in [1.29, 1.82) is 0 Å². The zero-order valence-electron chi connectivity index (χ0n) is 18.9. The monoisotopic (exact) mass is 485 g/mol. The van der Waals surface area contributed by atoms with Crippen molar-refractivity contribution in [3.8, 4) is 28.5 Å². The molecule has 12 heteroatoms. The van der Waals surface area contributed by atoms with Crippen LogP contribution in [0.5, 0.6) is 17.4 Å². The smallest absolute Gasteiger partial charge is 0.246 e. The second kappa shape index (κ2) is 9.16. The number of aromatic nitrogens is 1. The second-order valence-electron chi connectivity index (χ2n) is 9.15. The van der Waals surface area contributed by atoms with Gasteiger partial charge in [0.1, 0.15) is 41.6 Å². The van der Waals surface area contributed by atoms with E-state index in [2.05, 4.69) is 11.5 Å². The van der Waals surface area contributed by atoms with E-state index in [0.29, 0.717) is 60.4 Å². The number of carbonyl (C=O) groups is 1. The highest BCUT2D eigenvalue weighted by atomic mass is 35.5. The first-order valence-corrected chi connectivity index (χ1v) is 11.5. The molecule has 1 aromatic carbocycles. The molecular weight excluding hydrogens is 462 g/mol. The van der Waals surface area contributed by atoms with Crippen molar-refractivity contribution in [1.82, 2.24) is 14.8 Å². The fourth-order valence-electron chi connectivity index (χ4n) is 4.12. The van der Waals surface area contributed by atoms with Crippen LogP contribution in [0.4, 0.5) is 0 Å². The van der Waals surface area contributed by atoms with E-state index in [1.54, 1.807) is 17.0 Å². The standard InChI is InChI=1S/C21H24B3Cl2N3O4/c1-2-15(31)29-7-6-28-9-13-19(32-10-11(28)8-29)18(26)17(20(27-13)33-21(22,23)24)16-12(25)4-3-5-14(16)30/h2-5,11,30H,1,6-10,22-24H2/t11-/m1/s1. The van der Waals surface area contributed by atoms with Crippen LogP contribution in [-0.2, 0) is 11.3 Å². The first kappa shape index (κ1) is 23.9. The molecule has 1 fully saturated rings. The summed E-state index contributed by atoms with van der Waals surface area (Å²) in [5, 5.41) is 10.6. The van der Waals surface area contributed by atoms with Gasteiger partial charge in [-0.25, -0.2) is 4.98 Å². The fourth-order valence-corrected chi connectivity index (χ4v) is 4.72. The number of ether oxygens (including phenoxy) is 2. The van der Waals surface area contributed by atoms with E-state index in [1.165, 1.54) is 12.1 Å². The highest BCUT2D eigenvalue weighted by molar-refractivity contribution is 6.58. The minimum absolute atomic E-state index is 0.0166. The average molecular weight is 486 g/mol. The number of aromatic hydroxyl groups is 1. The summed E-state index contributed by atoms with van der Waals surface area (Å²) in [5.74, 6) is 0.583. The Bertz CT molecular complexity index is 1090. The molecule has 0 aliphatic carbocycles. The van der Waals surface area contributed by atoms with Gasteiger partial charge in [-0.15, -0.1) is 0 Å². The summed E-state index contributed by atoms with van der Waals surface area (Å²) in [6, 6.07) is 4.85. The maximum absolute atomic E-state index is 12.1. The van der Waals surface area contributed by atoms with Crippen LogP contribution in [0.3, 0.4) is 0 Å². The van der Waals surface area contributed by atoms with Crippen LogP contribution < -0.4 is 9.47 Å². The number of nitrogens with zero attached hydrogens (tertiary/aromatic N) is 3. The number of phenolic OH excluding ortho intramolecular Hbond substituents is 1. The summed E-state index contributed by atoms with van der Waals surface area (Å²) in [7, 11) is 5.73. The number of amides is 1. The van der Waals surface area contributed by atoms with Crippen molar-refractivity contribution in [2.45, 2.75) is 17.9 Å². The lowest BCUT2D eigenvalue weighted by Gasteiger charge is -2.39. The van der Waals surface area contributed by atoms with Crippen molar-refractivity contribution in [2.75, 3.05) is 26.2 Å². The van der Waals surface area contributed by atoms with Crippen LogP contribution in [0.15, 0.2) is 30.9 Å². The van der Waals surface area contributed by atoms with Crippen molar-refractivity contribution in [2.24, 2.45) is 0 Å². The Kier molecular flexibility index (Phi) is 6.62. The van der Waals surface area contributed by atoms with Crippen molar-refractivity contribution >= 4 is 52.6 Å². The van der Waals surface area contributed by atoms with Gasteiger partial charge in [0.2, 0.25) is 11.8 Å². The number of hydrogen-bond donors (Lipinski definition) is 1. The van der Waals surface area contributed by atoms with E-state index >= 15 is 0 Å². The van der Waals surface area contributed by atoms with E-state index in [9.17, 15) is 9.90 Å². The molecule has 33 heavy (non-hydrogen) atoms. The molecule has 0 saturated carbocycles. The number of hydrogen-bond acceptors (Lipinski definition) is 6. The van der Waals surface area contributed by atoms with Crippen molar-refractivity contribution in [3.63, 3.8) is 0 Å². The van der Waals surface area contributed by atoms with Crippen LogP contribution in [0.1, 0.15) is 5.69 Å². The lowest BCUT2D eigenvalue weighted by Crippen LogP contribution is -2.55. The average Bonchev–Trinajstić information content (AvgIpc) is 2.92. The van der Waals surface area contributed by atoms with E-state index in [-0.39, 0.29) is 28.6 Å². The maximum Gasteiger partial charge on any atom is 0.246 e. The molecule has 2 aliphatic rings. The Morgan fingerprint density at radius 3 is 2.73 bits per heavy atom. The molecule has 1 aromatic heterocycles. The van der Waals surface area contributed by atoms with E-state index in [0.717, 1.165) is 0 Å². The molecule has 170 valence electrons. The predicted molar refractivity (Wildman–Crippen MR) is 137 cm³/mol. The van der Waals surface area contributed by atoms with Crippen LogP contribution in [0.25, 0.3) is 11.1 Å². The summed E-state index contributed by atoms with van der Waals surface area (Å²) in [5.41, 5.74) is 1.37. The Morgan fingerprint density at radius 2 is 2.06 bits per heavy atom. The number of fused-ring (bicyclic) bond motifs is 2. The van der Waals surface area contributed by atoms with Gasteiger partial charge in [0.05, 0.1) is 21.7 Å². The molecule has 2 aliphatic heterocycles. The first-order valence-electron chi connectivity index (χ1n) is 10.8. The number of pyridine rings is 1. The Morgan fingerprint density at radius 1 is 1.30 bits per heavy atom. The molecule has 4 rings (SSSR count). The molecular formula is C21H24B3Cl2N3O4. The summed E-state index contributed by atoms with van der Waals surface area (Å²) >= 11 is 13.4. The summed E-state index contributed by atoms with van der Waals surface area (Å²) < 4.78 is 12.3. The molecule has 1 N–H and O–H groups in total. The van der Waals surface area contributed by atoms with Crippen LogP contribution in [0, 0.1) is 0 Å². The number of rotatable bonds is 4. The lowest BCUT2D eigenvalue weighted by atomic mass is 9.52. The van der Waals surface area contributed by atoms with Gasteiger partial charge in [-0.3, -0.25) is 9.69 Å². The topological polar surface area (TPSA) is 75.1 Å². The minimum atomic E-state index is -0.568. The Hall–Kier alpha value is -2.29. The normalized spacial score (nSPS) is 18.5. The van der Waals surface area contributed by atoms with E-state index < -0.39 is 5.30 Å². The van der Waals surface area contributed by atoms with Gasteiger partial charge in [0, 0.05) is 37.0 Å². The summed E-state index contributed by atoms with van der Waals surface area (Å²) in [6.45, 7) is 6.21. The van der Waals surface area contributed by atoms with Gasteiger partial charge in [-0.05, 0) is 18.2 Å². The van der Waals surface area contributed by atoms with Gasteiger partial charge in [0.15, 0.2) is 5.75 Å². The Balaban J connectivity index is 1.80. The quantitative estimate of drug-likeness (QED) is 0.494. The van der Waals surface area contributed by atoms with Gasteiger partial charge in [-0.2, -0.15) is 0 Å². The van der Waals surface area contributed by atoms with Gasteiger partial charge in [0.25, 0.3) is 0 Å². The molecule has 2 aromatic rings. The molecule has 0 spiro atoms. The zero-order chi connectivity index (χ0) is 23.9. The van der Waals surface area contributed by atoms with E-state index in [4.69, 9.17) is 37.7 Å². The van der Waals surface area contributed by atoms with Crippen LogP contribution in [-0.4, -0.2) is 86.9 Å². The molecule has 1 atom stereocenters. The molecule has 0 bridgehead atoms. The van der Waals surface area contributed by atoms with Crippen molar-refractivity contribution < 1.29 is 19.4 Å². The third-order valence-electron chi connectivity index (χ3n) is 5.64. The number of benzene rings is 1. The van der Waals surface area contributed by atoms with Crippen molar-refractivity contribution in [3.05, 3.63) is 46.6 Å².